The molecule has 3 aromatic rings. The summed E-state index contributed by atoms with van der Waals surface area (Å²) < 4.78 is 39.4. The highest BCUT2D eigenvalue weighted by Gasteiger charge is 2.36. The number of nitrogens with zero attached hydrogens (tertiary/aromatic N) is 1. The van der Waals surface area contributed by atoms with Gasteiger partial charge in [-0.3, -0.25) is 9.52 Å². The van der Waals surface area contributed by atoms with Crippen LogP contribution in [0.25, 0.3) is 0 Å². The number of carbonyl (C=O) groups excluding carboxylic acids is 1. The Morgan fingerprint density at radius 3 is 2.62 bits per heavy atom. The molecule has 7 nitrogen and oxygen atoms in total. The van der Waals surface area contributed by atoms with Gasteiger partial charge in [-0.05, 0) is 54.8 Å². The Morgan fingerprint density at radius 1 is 1.16 bits per heavy atom. The molecule has 0 aliphatic heterocycles. The second-order valence-corrected chi connectivity index (χ2v) is 9.80. The van der Waals surface area contributed by atoms with E-state index in [1.165, 1.54) is 24.1 Å². The van der Waals surface area contributed by atoms with E-state index >= 15 is 0 Å². The molecule has 8 heteroatoms. The first-order valence-corrected chi connectivity index (χ1v) is 11.9. The number of anilines is 1. The quantitative estimate of drug-likeness (QED) is 0.542. The second kappa shape index (κ2) is 8.70. The first kappa shape index (κ1) is 22.0. The van der Waals surface area contributed by atoms with Gasteiger partial charge in [0.2, 0.25) is 0 Å². The summed E-state index contributed by atoms with van der Waals surface area (Å²) in [6.07, 6.45) is 1.13. The van der Waals surface area contributed by atoms with E-state index in [4.69, 9.17) is 9.15 Å². The van der Waals surface area contributed by atoms with Crippen molar-refractivity contribution in [3.8, 4) is 5.75 Å². The van der Waals surface area contributed by atoms with E-state index in [0.717, 1.165) is 12.2 Å². The molecule has 2 aromatic carbocycles. The number of nitrogens with one attached hydrogen (secondary N) is 1. The minimum absolute atomic E-state index is 0.00865. The number of rotatable bonds is 8. The van der Waals surface area contributed by atoms with Gasteiger partial charge < -0.3 is 14.1 Å². The lowest BCUT2D eigenvalue weighted by molar-refractivity contribution is 0.0774. The summed E-state index contributed by atoms with van der Waals surface area (Å²) in [6, 6.07) is 16.6. The molecule has 1 saturated carbocycles. The Balaban J connectivity index is 1.48. The molecule has 2 atom stereocenters. The highest BCUT2D eigenvalue weighted by atomic mass is 32.2. The SMILES string of the molecule is COc1ccccc1NS(=O)(=O)c1cccc(C(=O)N(C)Cc2ccc([C@H]3C[C@@H]3C)o2)c1. The lowest BCUT2D eigenvalue weighted by Gasteiger charge is -2.17. The molecule has 0 bridgehead atoms. The number of carbonyl (C=O) groups is 1. The van der Waals surface area contributed by atoms with Crippen LogP contribution in [0.5, 0.6) is 5.75 Å². The molecule has 32 heavy (non-hydrogen) atoms. The average molecular weight is 455 g/mol. The summed E-state index contributed by atoms with van der Waals surface area (Å²) in [7, 11) is -0.777. The Morgan fingerprint density at radius 2 is 1.91 bits per heavy atom. The van der Waals surface area contributed by atoms with Gasteiger partial charge in [-0.15, -0.1) is 0 Å². The predicted octanol–water partition coefficient (Wildman–Crippen LogP) is 4.48. The van der Waals surface area contributed by atoms with Crippen molar-refractivity contribution < 1.29 is 22.4 Å². The lowest BCUT2D eigenvalue weighted by Crippen LogP contribution is -2.26. The topological polar surface area (TPSA) is 88.8 Å². The van der Waals surface area contributed by atoms with Gasteiger partial charge in [0, 0.05) is 18.5 Å². The zero-order valence-corrected chi connectivity index (χ0v) is 19.1. The monoisotopic (exact) mass is 454 g/mol. The van der Waals surface area contributed by atoms with Crippen LogP contribution in [0.2, 0.25) is 0 Å². The number of amides is 1. The predicted molar refractivity (Wildman–Crippen MR) is 121 cm³/mol. The number of para-hydroxylation sites is 2. The van der Waals surface area contributed by atoms with Crippen molar-refractivity contribution >= 4 is 21.6 Å². The van der Waals surface area contributed by atoms with Gasteiger partial charge >= 0.3 is 0 Å². The van der Waals surface area contributed by atoms with Crippen LogP contribution in [-0.4, -0.2) is 33.4 Å². The maximum Gasteiger partial charge on any atom is 0.262 e. The molecule has 168 valence electrons. The number of hydrogen-bond acceptors (Lipinski definition) is 5. The molecular weight excluding hydrogens is 428 g/mol. The third-order valence-electron chi connectivity index (χ3n) is 5.64. The van der Waals surface area contributed by atoms with Crippen molar-refractivity contribution in [2.75, 3.05) is 18.9 Å². The van der Waals surface area contributed by atoms with Gasteiger partial charge in [-0.25, -0.2) is 8.42 Å². The van der Waals surface area contributed by atoms with Crippen molar-refractivity contribution in [1.29, 1.82) is 0 Å². The normalized spacial score (nSPS) is 17.6. The van der Waals surface area contributed by atoms with E-state index in [-0.39, 0.29) is 16.4 Å². The molecule has 0 spiro atoms. The van der Waals surface area contributed by atoms with Gasteiger partial charge in [-0.2, -0.15) is 0 Å². The van der Waals surface area contributed by atoms with Gasteiger partial charge in [0.1, 0.15) is 17.3 Å². The number of hydrogen-bond donors (Lipinski definition) is 1. The van der Waals surface area contributed by atoms with Crippen molar-refractivity contribution in [3.63, 3.8) is 0 Å². The molecule has 0 unspecified atom stereocenters. The van der Waals surface area contributed by atoms with E-state index in [1.54, 1.807) is 43.4 Å². The molecule has 0 saturated heterocycles. The molecule has 1 N–H and O–H groups in total. The molecule has 1 heterocycles. The fourth-order valence-corrected chi connectivity index (χ4v) is 4.77. The zero-order chi connectivity index (χ0) is 22.9. The van der Waals surface area contributed by atoms with Crippen molar-refractivity contribution in [3.05, 3.63) is 77.7 Å². The number of benzene rings is 2. The van der Waals surface area contributed by atoms with Crippen molar-refractivity contribution in [1.82, 2.24) is 4.90 Å². The summed E-state index contributed by atoms with van der Waals surface area (Å²) in [5.41, 5.74) is 0.598. The Hall–Kier alpha value is -3.26. The van der Waals surface area contributed by atoms with Crippen LogP contribution >= 0.6 is 0 Å². The minimum Gasteiger partial charge on any atom is -0.495 e. The molecule has 0 radical (unpaired) electrons. The van der Waals surface area contributed by atoms with E-state index in [1.807, 2.05) is 12.1 Å². The summed E-state index contributed by atoms with van der Waals surface area (Å²) >= 11 is 0. The zero-order valence-electron chi connectivity index (χ0n) is 18.2. The standard InChI is InChI=1S/C24H26N2O5S/c1-16-13-20(16)22-12-11-18(31-22)15-26(2)24(27)17-7-6-8-19(14-17)32(28,29)25-21-9-4-5-10-23(21)30-3/h4-12,14,16,20,25H,13,15H2,1-3H3/t16-,20-/m0/s1. The lowest BCUT2D eigenvalue weighted by atomic mass is 10.2. The highest BCUT2D eigenvalue weighted by molar-refractivity contribution is 7.92. The number of methoxy groups -OCH3 is 1. The van der Waals surface area contributed by atoms with E-state index in [2.05, 4.69) is 11.6 Å². The maximum atomic E-state index is 12.9. The molecule has 4 rings (SSSR count). The Labute approximate surface area is 188 Å². The van der Waals surface area contributed by atoms with Crippen LogP contribution in [-0.2, 0) is 16.6 Å². The Bertz CT molecular complexity index is 1230. The number of furan rings is 1. The van der Waals surface area contributed by atoms with Crippen LogP contribution < -0.4 is 9.46 Å². The summed E-state index contributed by atoms with van der Waals surface area (Å²) in [6.45, 7) is 2.49. The first-order valence-electron chi connectivity index (χ1n) is 10.4. The van der Waals surface area contributed by atoms with Crippen LogP contribution in [0, 0.1) is 5.92 Å². The third kappa shape index (κ3) is 4.65. The largest absolute Gasteiger partial charge is 0.495 e. The fourth-order valence-electron chi connectivity index (χ4n) is 3.65. The fraction of sp³-hybridized carbons (Fsp3) is 0.292. The molecule has 1 aliphatic rings. The van der Waals surface area contributed by atoms with Crippen molar-refractivity contribution in [2.45, 2.75) is 30.7 Å². The highest BCUT2D eigenvalue weighted by Crippen LogP contribution is 2.47. The molecule has 1 aromatic heterocycles. The van der Waals surface area contributed by atoms with Gasteiger partial charge in [0.05, 0.1) is 24.2 Å². The van der Waals surface area contributed by atoms with Crippen LogP contribution in [0.4, 0.5) is 5.69 Å². The summed E-state index contributed by atoms with van der Waals surface area (Å²) in [5, 5.41) is 0. The van der Waals surface area contributed by atoms with Gasteiger partial charge in [0.25, 0.3) is 15.9 Å². The summed E-state index contributed by atoms with van der Waals surface area (Å²) in [4.78, 5) is 14.4. The smallest absolute Gasteiger partial charge is 0.262 e. The van der Waals surface area contributed by atoms with Crippen LogP contribution in [0.1, 0.15) is 41.1 Å². The maximum absolute atomic E-state index is 12.9. The van der Waals surface area contributed by atoms with Gasteiger partial charge in [-0.1, -0.05) is 25.1 Å². The van der Waals surface area contributed by atoms with E-state index in [0.29, 0.717) is 35.6 Å². The first-order chi connectivity index (χ1) is 15.3. The second-order valence-electron chi connectivity index (χ2n) is 8.12. The third-order valence-corrected chi connectivity index (χ3v) is 7.00. The molecular formula is C24H26N2O5S. The molecule has 1 amide bonds. The van der Waals surface area contributed by atoms with Gasteiger partial charge in [0.15, 0.2) is 0 Å². The molecule has 1 fully saturated rings. The average Bonchev–Trinajstić information content (AvgIpc) is 3.34. The minimum atomic E-state index is -3.91. The summed E-state index contributed by atoms with van der Waals surface area (Å²) in [5.74, 6) is 2.89. The number of sulfonamides is 1. The van der Waals surface area contributed by atoms with E-state index < -0.39 is 10.0 Å². The number of ether oxygens (including phenoxy) is 1. The van der Waals surface area contributed by atoms with E-state index in [9.17, 15) is 13.2 Å². The molecule has 1 aliphatic carbocycles. The van der Waals surface area contributed by atoms with Crippen molar-refractivity contribution in [2.24, 2.45) is 5.92 Å². The Kier molecular flexibility index (Phi) is 5.97. The van der Waals surface area contributed by atoms with Crippen LogP contribution in [0.15, 0.2) is 70.0 Å². The van der Waals surface area contributed by atoms with Crippen LogP contribution in [0.3, 0.4) is 0 Å².